The summed E-state index contributed by atoms with van der Waals surface area (Å²) >= 11 is 0. The Hall–Kier alpha value is -0.113. The van der Waals surface area contributed by atoms with Gasteiger partial charge in [-0.15, -0.1) is 0 Å². The van der Waals surface area contributed by atoms with Crippen molar-refractivity contribution in [1.29, 1.82) is 0 Å². The van der Waals surface area contributed by atoms with Crippen LogP contribution in [0.25, 0.3) is 0 Å². The van der Waals surface area contributed by atoms with Crippen molar-refractivity contribution in [2.24, 2.45) is 0 Å². The van der Waals surface area contributed by atoms with Crippen LogP contribution in [0.4, 0.5) is 4.11 Å². The molecule has 0 amide bonds. The maximum absolute atomic E-state index is 12.2. The van der Waals surface area contributed by atoms with E-state index in [1.165, 1.54) is 0 Å². The van der Waals surface area contributed by atoms with Crippen molar-refractivity contribution >= 4 is 9.13 Å². The maximum atomic E-state index is 12.2. The van der Waals surface area contributed by atoms with Crippen molar-refractivity contribution in [3.8, 4) is 0 Å². The summed E-state index contributed by atoms with van der Waals surface area (Å²) in [6, 6.07) is 0.872. The zero-order valence-electron chi connectivity index (χ0n) is 4.23. The fourth-order valence-electron chi connectivity index (χ4n) is 0.771. The van der Waals surface area contributed by atoms with Crippen molar-refractivity contribution in [3.05, 3.63) is 11.8 Å². The van der Waals surface area contributed by atoms with Gasteiger partial charge in [0.25, 0.3) is 9.13 Å². The Kier molecular flexibility index (Phi) is 1.62. The van der Waals surface area contributed by atoms with Crippen molar-refractivity contribution in [1.82, 2.24) is 0 Å². The molecule has 1 heterocycles. The van der Waals surface area contributed by atoms with E-state index < -0.39 is 9.13 Å². The van der Waals surface area contributed by atoms with Gasteiger partial charge in [0.2, 0.25) is 0 Å². The van der Waals surface area contributed by atoms with Gasteiger partial charge in [-0.05, 0) is 18.9 Å². The fourth-order valence-corrected chi connectivity index (χ4v) is 2.08. The molecule has 7 heavy (non-hydrogen) atoms. The first-order chi connectivity index (χ1) is 3.39. The van der Waals surface area contributed by atoms with E-state index in [1.807, 2.05) is 6.08 Å². The summed E-state index contributed by atoms with van der Waals surface area (Å²) in [5.74, 6) is 0. The highest BCUT2D eigenvalue weighted by atomic mass is 28.3. The number of allylic oxidation sites excluding steroid dienone is 1. The lowest BCUT2D eigenvalue weighted by atomic mass is 10.3. The van der Waals surface area contributed by atoms with E-state index in [0.29, 0.717) is 0 Å². The molecule has 1 aliphatic heterocycles. The third-order valence-electron chi connectivity index (χ3n) is 1.20. The Labute approximate surface area is 44.8 Å². The van der Waals surface area contributed by atoms with Crippen LogP contribution in [0.2, 0.25) is 6.04 Å². The number of halogens is 1. The van der Waals surface area contributed by atoms with Crippen molar-refractivity contribution < 1.29 is 4.11 Å². The first-order valence-corrected chi connectivity index (χ1v) is 4.62. The normalized spacial score (nSPS) is 30.7. The summed E-state index contributed by atoms with van der Waals surface area (Å²) in [5.41, 5.74) is 1.78. The number of hydrogen-bond acceptors (Lipinski definition) is 0. The molecular formula is C5H9FSi. The second-order valence-corrected chi connectivity index (χ2v) is 3.87. The zero-order chi connectivity index (χ0) is 5.11. The van der Waals surface area contributed by atoms with Gasteiger partial charge in [0.05, 0.1) is 0 Å². The summed E-state index contributed by atoms with van der Waals surface area (Å²) in [5, 5.41) is 0. The zero-order valence-corrected chi connectivity index (χ0v) is 5.39. The minimum Gasteiger partial charge on any atom is -0.313 e. The molecule has 0 bridgehead atoms. The molecule has 0 nitrogen and oxygen atoms in total. The molecule has 0 aromatic rings. The molecule has 1 atom stereocenters. The largest absolute Gasteiger partial charge is 0.313 e. The lowest BCUT2D eigenvalue weighted by Gasteiger charge is -2.02. The SMILES string of the molecule is F[SiH]1C=CCCC1. The molecule has 0 spiro atoms. The van der Waals surface area contributed by atoms with E-state index in [2.05, 4.69) is 0 Å². The second-order valence-electron chi connectivity index (χ2n) is 1.88. The van der Waals surface area contributed by atoms with E-state index >= 15 is 0 Å². The summed E-state index contributed by atoms with van der Waals surface area (Å²) in [6.07, 6.45) is 4.16. The van der Waals surface area contributed by atoms with Crippen LogP contribution in [0.15, 0.2) is 11.8 Å². The Bertz CT molecular complexity index is 80.1. The third kappa shape index (κ3) is 1.43. The van der Waals surface area contributed by atoms with E-state index in [0.717, 1.165) is 18.9 Å². The third-order valence-corrected chi connectivity index (χ3v) is 2.85. The highest BCUT2D eigenvalue weighted by Crippen LogP contribution is 2.10. The van der Waals surface area contributed by atoms with Crippen LogP contribution in [-0.2, 0) is 0 Å². The van der Waals surface area contributed by atoms with Gasteiger partial charge in [0.15, 0.2) is 0 Å². The molecule has 0 aromatic heterocycles. The summed E-state index contributed by atoms with van der Waals surface area (Å²) in [7, 11) is -1.78. The maximum Gasteiger partial charge on any atom is 0.255 e. The average molecular weight is 116 g/mol. The second kappa shape index (κ2) is 2.26. The smallest absolute Gasteiger partial charge is 0.255 e. The Morgan fingerprint density at radius 1 is 1.57 bits per heavy atom. The van der Waals surface area contributed by atoms with Gasteiger partial charge in [0, 0.05) is 0 Å². The van der Waals surface area contributed by atoms with Gasteiger partial charge < -0.3 is 4.11 Å². The van der Waals surface area contributed by atoms with E-state index in [9.17, 15) is 4.11 Å². The number of hydrogen-bond donors (Lipinski definition) is 0. The topological polar surface area (TPSA) is 0 Å². The summed E-state index contributed by atoms with van der Waals surface area (Å²) in [4.78, 5) is 0. The summed E-state index contributed by atoms with van der Waals surface area (Å²) < 4.78 is 12.2. The number of rotatable bonds is 0. The van der Waals surface area contributed by atoms with Crippen LogP contribution < -0.4 is 0 Å². The molecule has 0 radical (unpaired) electrons. The minimum atomic E-state index is -1.78. The molecule has 0 aromatic carbocycles. The quantitative estimate of drug-likeness (QED) is 0.333. The van der Waals surface area contributed by atoms with Crippen LogP contribution in [-0.4, -0.2) is 9.13 Å². The minimum absolute atomic E-state index is 0.872. The van der Waals surface area contributed by atoms with Gasteiger partial charge in [0.1, 0.15) is 0 Å². The van der Waals surface area contributed by atoms with Crippen LogP contribution in [0.5, 0.6) is 0 Å². The summed E-state index contributed by atoms with van der Waals surface area (Å²) in [6.45, 7) is 0. The molecule has 0 aliphatic carbocycles. The Balaban J connectivity index is 2.36. The van der Waals surface area contributed by atoms with Crippen LogP contribution in [0, 0.1) is 0 Å². The van der Waals surface area contributed by atoms with Gasteiger partial charge in [-0.25, -0.2) is 0 Å². The lowest BCUT2D eigenvalue weighted by Crippen LogP contribution is -2.03. The van der Waals surface area contributed by atoms with Gasteiger partial charge in [-0.2, -0.15) is 0 Å². The van der Waals surface area contributed by atoms with E-state index in [-0.39, 0.29) is 0 Å². The molecule has 0 fully saturated rings. The van der Waals surface area contributed by atoms with E-state index in [4.69, 9.17) is 0 Å². The molecule has 1 aliphatic rings. The molecule has 1 unspecified atom stereocenters. The van der Waals surface area contributed by atoms with Crippen molar-refractivity contribution in [3.63, 3.8) is 0 Å². The monoisotopic (exact) mass is 116 g/mol. The molecular weight excluding hydrogens is 107 g/mol. The first kappa shape index (κ1) is 5.03. The standard InChI is InChI=1S/C5H9FSi/c6-7-4-2-1-3-5-7/h2,4,7H,1,3,5H2. The van der Waals surface area contributed by atoms with Crippen LogP contribution >= 0.6 is 0 Å². The molecule has 0 saturated heterocycles. The Morgan fingerprint density at radius 2 is 2.43 bits per heavy atom. The van der Waals surface area contributed by atoms with Crippen LogP contribution in [0.1, 0.15) is 12.8 Å². The molecule has 0 saturated carbocycles. The predicted molar refractivity (Wildman–Crippen MR) is 31.4 cm³/mol. The van der Waals surface area contributed by atoms with Crippen LogP contribution in [0.3, 0.4) is 0 Å². The molecule has 2 heteroatoms. The van der Waals surface area contributed by atoms with E-state index in [1.54, 1.807) is 5.70 Å². The van der Waals surface area contributed by atoms with Gasteiger partial charge in [-0.3, -0.25) is 0 Å². The Morgan fingerprint density at radius 3 is 2.71 bits per heavy atom. The van der Waals surface area contributed by atoms with Gasteiger partial charge in [-0.1, -0.05) is 11.8 Å². The first-order valence-electron chi connectivity index (χ1n) is 2.70. The highest BCUT2D eigenvalue weighted by molar-refractivity contribution is 6.57. The lowest BCUT2D eigenvalue weighted by molar-refractivity contribution is 0.793. The molecule has 40 valence electrons. The molecule has 1 rings (SSSR count). The van der Waals surface area contributed by atoms with Gasteiger partial charge >= 0.3 is 0 Å². The fraction of sp³-hybridized carbons (Fsp3) is 0.600. The van der Waals surface area contributed by atoms with Crippen molar-refractivity contribution in [2.45, 2.75) is 18.9 Å². The molecule has 0 N–H and O–H groups in total. The predicted octanol–water partition coefficient (Wildman–Crippen LogP) is 1.57. The highest BCUT2D eigenvalue weighted by Gasteiger charge is 2.06. The van der Waals surface area contributed by atoms with Crippen molar-refractivity contribution in [2.75, 3.05) is 0 Å². The average Bonchev–Trinajstić information content (AvgIpc) is 1.69.